The van der Waals surface area contributed by atoms with Crippen LogP contribution in [0.25, 0.3) is 0 Å². The van der Waals surface area contributed by atoms with Crippen molar-refractivity contribution in [2.45, 2.75) is 30.2 Å². The summed E-state index contributed by atoms with van der Waals surface area (Å²) in [5, 5.41) is 37.2. The lowest BCUT2D eigenvalue weighted by Gasteiger charge is -2.45. The number of aliphatic hydroxyl groups excluding tert-OH is 1. The number of carbonyl (C=O) groups is 1. The molecule has 5 N–H and O–H groups in total. The van der Waals surface area contributed by atoms with Crippen LogP contribution in [0.15, 0.2) is 53.3 Å². The molecule has 3 atom stereocenters. The van der Waals surface area contributed by atoms with Crippen LogP contribution in [0.4, 0.5) is 5.69 Å². The van der Waals surface area contributed by atoms with Gasteiger partial charge in [0.05, 0.1) is 11.3 Å². The van der Waals surface area contributed by atoms with Gasteiger partial charge < -0.3 is 20.8 Å². The quantitative estimate of drug-likeness (QED) is 0.612. The third-order valence-electron chi connectivity index (χ3n) is 4.99. The van der Waals surface area contributed by atoms with Crippen molar-refractivity contribution in [1.82, 2.24) is 0 Å². The first kappa shape index (κ1) is 19.0. The van der Waals surface area contributed by atoms with Crippen molar-refractivity contribution in [2.24, 2.45) is 5.73 Å². The summed E-state index contributed by atoms with van der Waals surface area (Å²) in [5.74, 6) is -0.746. The van der Waals surface area contributed by atoms with E-state index >= 15 is 0 Å². The van der Waals surface area contributed by atoms with Gasteiger partial charge >= 0.3 is 5.97 Å². The van der Waals surface area contributed by atoms with Gasteiger partial charge in [-0.2, -0.15) is 17.0 Å². The molecule has 7 nitrogen and oxygen atoms in total. The number of para-hydroxylation sites is 1. The maximum Gasteiger partial charge on any atom is 0.321 e. The van der Waals surface area contributed by atoms with E-state index in [2.05, 4.69) is 6.07 Å². The molecule has 0 amide bonds. The Morgan fingerprint density at radius 2 is 2.19 bits per heavy atom. The standard InChI is InChI=1S/C19H20N4O3S/c1-19-14(7-12(24)8-16(19)27-10-15(21)18(25)26)13(9-20)17(22)23(19)11-5-3-2-4-6-11/h2-7,15-16,22,24H,8,10,21H2,1H3,(H,25,26)/t15-,16?,19?/m0/s1. The highest BCUT2D eigenvalue weighted by atomic mass is 32.2. The van der Waals surface area contributed by atoms with Crippen LogP contribution in [-0.2, 0) is 4.79 Å². The second-order valence-corrected chi connectivity index (χ2v) is 7.91. The number of fused-ring (bicyclic) bond motifs is 1. The molecule has 3 rings (SSSR count). The van der Waals surface area contributed by atoms with E-state index in [1.165, 1.54) is 11.8 Å². The highest BCUT2D eigenvalue weighted by molar-refractivity contribution is 8.00. The molecule has 1 heterocycles. The van der Waals surface area contributed by atoms with E-state index in [1.54, 1.807) is 11.0 Å². The van der Waals surface area contributed by atoms with Crippen molar-refractivity contribution < 1.29 is 15.0 Å². The van der Waals surface area contributed by atoms with E-state index in [4.69, 9.17) is 16.2 Å². The number of rotatable bonds is 5. The molecule has 0 fully saturated rings. The number of nitriles is 1. The van der Waals surface area contributed by atoms with Crippen molar-refractivity contribution in [3.63, 3.8) is 0 Å². The molecule has 27 heavy (non-hydrogen) atoms. The zero-order valence-electron chi connectivity index (χ0n) is 14.7. The second kappa shape index (κ2) is 7.10. The van der Waals surface area contributed by atoms with Gasteiger partial charge in [-0.05, 0) is 25.1 Å². The number of thioether (sulfide) groups is 1. The van der Waals surface area contributed by atoms with Gasteiger partial charge in [0.2, 0.25) is 0 Å². The van der Waals surface area contributed by atoms with Crippen molar-refractivity contribution in [2.75, 3.05) is 10.7 Å². The molecular weight excluding hydrogens is 364 g/mol. The second-order valence-electron chi connectivity index (χ2n) is 6.67. The number of nitrogens with one attached hydrogen (secondary N) is 1. The van der Waals surface area contributed by atoms with Crippen LogP contribution in [0.5, 0.6) is 0 Å². The molecule has 1 aliphatic carbocycles. The minimum atomic E-state index is -1.09. The monoisotopic (exact) mass is 384 g/mol. The molecule has 140 valence electrons. The summed E-state index contributed by atoms with van der Waals surface area (Å²) in [5.41, 5.74) is 6.42. The van der Waals surface area contributed by atoms with Gasteiger partial charge in [0.25, 0.3) is 0 Å². The smallest absolute Gasteiger partial charge is 0.321 e. The largest absolute Gasteiger partial charge is 0.512 e. The molecule has 8 heteroatoms. The van der Waals surface area contributed by atoms with Crippen LogP contribution in [-0.4, -0.2) is 44.6 Å². The van der Waals surface area contributed by atoms with E-state index < -0.39 is 17.6 Å². The van der Waals surface area contributed by atoms with Crippen molar-refractivity contribution >= 4 is 29.3 Å². The van der Waals surface area contributed by atoms with Crippen LogP contribution in [0.3, 0.4) is 0 Å². The molecule has 0 radical (unpaired) electrons. The number of amidine groups is 1. The highest BCUT2D eigenvalue weighted by Gasteiger charge is 2.53. The topological polar surface area (TPSA) is 134 Å². The summed E-state index contributed by atoms with van der Waals surface area (Å²) in [7, 11) is 0. The first-order chi connectivity index (χ1) is 12.8. The lowest BCUT2D eigenvalue weighted by atomic mass is 9.81. The Bertz CT molecular complexity index is 890. The molecule has 0 aromatic heterocycles. The molecule has 2 aliphatic rings. The Kier molecular flexibility index (Phi) is 5.00. The maximum absolute atomic E-state index is 11.1. The first-order valence-electron chi connectivity index (χ1n) is 8.39. The number of aliphatic hydroxyl groups is 1. The maximum atomic E-state index is 11.1. The van der Waals surface area contributed by atoms with Crippen molar-refractivity contribution in [3.05, 3.63) is 53.3 Å². The predicted octanol–water partition coefficient (Wildman–Crippen LogP) is 2.42. The number of benzene rings is 1. The zero-order chi connectivity index (χ0) is 19.8. The summed E-state index contributed by atoms with van der Waals surface area (Å²) >= 11 is 1.34. The number of hydrogen-bond donors (Lipinski definition) is 4. The minimum Gasteiger partial charge on any atom is -0.512 e. The van der Waals surface area contributed by atoms with Gasteiger partial charge in [0.1, 0.15) is 23.5 Å². The molecule has 0 saturated heterocycles. The van der Waals surface area contributed by atoms with Gasteiger partial charge in [-0.15, -0.1) is 0 Å². The van der Waals surface area contributed by atoms with E-state index in [9.17, 15) is 15.2 Å². The fourth-order valence-electron chi connectivity index (χ4n) is 3.59. The summed E-state index contributed by atoms with van der Waals surface area (Å²) in [6, 6.07) is 10.4. The molecule has 2 unspecified atom stereocenters. The summed E-state index contributed by atoms with van der Waals surface area (Å²) in [4.78, 5) is 12.9. The molecule has 1 aliphatic heterocycles. The van der Waals surface area contributed by atoms with Crippen LogP contribution in [0.1, 0.15) is 13.3 Å². The number of nitrogens with zero attached hydrogens (tertiary/aromatic N) is 2. The van der Waals surface area contributed by atoms with E-state index in [0.29, 0.717) is 12.0 Å². The lowest BCUT2D eigenvalue weighted by Crippen LogP contribution is -2.55. The number of carboxylic acid groups (broad SMARTS) is 1. The third-order valence-corrected chi connectivity index (χ3v) is 6.57. The van der Waals surface area contributed by atoms with E-state index in [1.807, 2.05) is 37.3 Å². The molecular formula is C19H20N4O3S. The van der Waals surface area contributed by atoms with Crippen LogP contribution in [0, 0.1) is 16.7 Å². The Hall–Kier alpha value is -2.76. The van der Waals surface area contributed by atoms with Gasteiger partial charge in [-0.25, -0.2) is 0 Å². The van der Waals surface area contributed by atoms with Gasteiger partial charge in [-0.1, -0.05) is 18.2 Å². The Labute approximate surface area is 161 Å². The number of anilines is 1. The fraction of sp³-hybridized carbons (Fsp3) is 0.316. The molecule has 1 aromatic carbocycles. The lowest BCUT2D eigenvalue weighted by molar-refractivity contribution is -0.137. The minimum absolute atomic E-state index is 0.0697. The van der Waals surface area contributed by atoms with Crippen LogP contribution < -0.4 is 10.6 Å². The first-order valence-corrected chi connectivity index (χ1v) is 9.44. The van der Waals surface area contributed by atoms with E-state index in [-0.39, 0.29) is 28.2 Å². The Balaban J connectivity index is 2.08. The van der Waals surface area contributed by atoms with Crippen molar-refractivity contribution in [3.8, 4) is 6.07 Å². The molecule has 0 saturated carbocycles. The van der Waals surface area contributed by atoms with Gasteiger partial charge in [0, 0.05) is 28.7 Å². The highest BCUT2D eigenvalue weighted by Crippen LogP contribution is 2.49. The van der Waals surface area contributed by atoms with Crippen molar-refractivity contribution in [1.29, 1.82) is 10.7 Å². The zero-order valence-corrected chi connectivity index (χ0v) is 15.5. The predicted molar refractivity (Wildman–Crippen MR) is 105 cm³/mol. The van der Waals surface area contributed by atoms with E-state index in [0.717, 1.165) is 5.69 Å². The average molecular weight is 384 g/mol. The number of hydrogen-bond acceptors (Lipinski definition) is 6. The van der Waals surface area contributed by atoms with Gasteiger partial charge in [-0.3, -0.25) is 10.2 Å². The normalized spacial score (nSPS) is 25.7. The number of allylic oxidation sites excluding steroid dienone is 1. The SMILES string of the molecule is CC12C(=C(C#N)C(=N)N1c1ccccc1)C=C(O)CC2SC[C@H](N)C(=O)O. The molecule has 1 aromatic rings. The van der Waals surface area contributed by atoms with Crippen LogP contribution >= 0.6 is 11.8 Å². The average Bonchev–Trinajstić information content (AvgIpc) is 2.86. The molecule has 0 bridgehead atoms. The summed E-state index contributed by atoms with van der Waals surface area (Å²) in [6.45, 7) is 1.92. The number of nitrogens with two attached hydrogens (primary N) is 1. The van der Waals surface area contributed by atoms with Crippen LogP contribution in [0.2, 0.25) is 0 Å². The summed E-state index contributed by atoms with van der Waals surface area (Å²) < 4.78 is 0. The fourth-order valence-corrected chi connectivity index (χ4v) is 5.02. The molecule has 0 spiro atoms. The number of aliphatic carboxylic acids is 1. The Morgan fingerprint density at radius 1 is 1.52 bits per heavy atom. The Morgan fingerprint density at radius 3 is 2.78 bits per heavy atom. The van der Waals surface area contributed by atoms with Gasteiger partial charge in [0.15, 0.2) is 0 Å². The summed E-state index contributed by atoms with van der Waals surface area (Å²) in [6.07, 6.45) is 1.86. The number of carboxylic acids is 1. The third kappa shape index (κ3) is 3.09.